The summed E-state index contributed by atoms with van der Waals surface area (Å²) in [6.07, 6.45) is -0.838. The summed E-state index contributed by atoms with van der Waals surface area (Å²) in [4.78, 5) is 12.6. The van der Waals surface area contributed by atoms with Crippen LogP contribution < -0.4 is 0 Å². The van der Waals surface area contributed by atoms with E-state index in [1.165, 1.54) is 21.4 Å². The van der Waals surface area contributed by atoms with Gasteiger partial charge in [0.25, 0.3) is 0 Å². The van der Waals surface area contributed by atoms with Crippen molar-refractivity contribution < 1.29 is 9.90 Å². The fourth-order valence-corrected chi connectivity index (χ4v) is 2.84. The van der Waals surface area contributed by atoms with E-state index in [1.807, 2.05) is 0 Å². The lowest BCUT2D eigenvalue weighted by molar-refractivity contribution is 0.126. The molecule has 0 radical (unpaired) electrons. The predicted octanol–water partition coefficient (Wildman–Crippen LogP) is 3.00. The molecule has 18 heavy (non-hydrogen) atoms. The van der Waals surface area contributed by atoms with E-state index in [2.05, 4.69) is 42.7 Å². The lowest BCUT2D eigenvalue weighted by Crippen LogP contribution is -2.39. The molecule has 1 atom stereocenters. The Morgan fingerprint density at radius 2 is 2.17 bits per heavy atom. The number of hydrogen-bond donors (Lipinski definition) is 1. The highest BCUT2D eigenvalue weighted by Crippen LogP contribution is 2.30. The predicted molar refractivity (Wildman–Crippen MR) is 69.8 cm³/mol. The smallest absolute Gasteiger partial charge is 0.407 e. The summed E-state index contributed by atoms with van der Waals surface area (Å²) >= 11 is 0. The topological polar surface area (TPSA) is 45.5 Å². The van der Waals surface area contributed by atoms with Gasteiger partial charge in [0.2, 0.25) is 0 Å². The molecule has 94 valence electrons. The molecular formula is C14H16N2O2. The highest BCUT2D eigenvalue weighted by atomic mass is 16.4. The van der Waals surface area contributed by atoms with Gasteiger partial charge < -0.3 is 14.6 Å². The molecule has 0 spiro atoms. The Morgan fingerprint density at radius 1 is 1.39 bits per heavy atom. The van der Waals surface area contributed by atoms with Crippen LogP contribution in [0, 0.1) is 6.92 Å². The second-order valence-corrected chi connectivity index (χ2v) is 5.08. The number of aryl methyl sites for hydroxylation is 1. The third kappa shape index (κ3) is 1.56. The molecule has 0 bridgehead atoms. The lowest BCUT2D eigenvalue weighted by atomic mass is 10.2. The fraction of sp³-hybridized carbons (Fsp3) is 0.357. The van der Waals surface area contributed by atoms with Crippen molar-refractivity contribution in [3.05, 3.63) is 35.5 Å². The van der Waals surface area contributed by atoms with Crippen molar-refractivity contribution in [2.45, 2.75) is 26.4 Å². The number of benzene rings is 1. The third-order valence-electron chi connectivity index (χ3n) is 3.63. The summed E-state index contributed by atoms with van der Waals surface area (Å²) in [5.74, 6) is 0. The van der Waals surface area contributed by atoms with Crippen LogP contribution in [0.1, 0.15) is 24.2 Å². The van der Waals surface area contributed by atoms with E-state index in [4.69, 9.17) is 5.11 Å². The summed E-state index contributed by atoms with van der Waals surface area (Å²) in [6, 6.07) is 8.65. The molecule has 1 amide bonds. The van der Waals surface area contributed by atoms with Gasteiger partial charge in [0, 0.05) is 23.8 Å². The van der Waals surface area contributed by atoms with E-state index >= 15 is 0 Å². The molecular weight excluding hydrogens is 228 g/mol. The minimum Gasteiger partial charge on any atom is -0.465 e. The average Bonchev–Trinajstić information content (AvgIpc) is 2.66. The zero-order chi connectivity index (χ0) is 12.9. The van der Waals surface area contributed by atoms with Crippen LogP contribution in [-0.2, 0) is 6.54 Å². The van der Waals surface area contributed by atoms with Crippen LogP contribution in [0.2, 0.25) is 0 Å². The van der Waals surface area contributed by atoms with E-state index in [9.17, 15) is 4.79 Å². The minimum absolute atomic E-state index is 0.184. The zero-order valence-corrected chi connectivity index (χ0v) is 10.6. The molecule has 2 heterocycles. The van der Waals surface area contributed by atoms with Gasteiger partial charge in [0.05, 0.1) is 6.54 Å². The molecule has 4 heteroatoms. The number of nitrogens with zero attached hydrogens (tertiary/aromatic N) is 2. The first-order valence-corrected chi connectivity index (χ1v) is 6.14. The molecule has 0 fully saturated rings. The van der Waals surface area contributed by atoms with E-state index in [0.29, 0.717) is 13.1 Å². The Kier molecular flexibility index (Phi) is 2.33. The molecule has 4 nitrogen and oxygen atoms in total. The normalized spacial score (nSPS) is 19.0. The van der Waals surface area contributed by atoms with Gasteiger partial charge >= 0.3 is 6.09 Å². The van der Waals surface area contributed by atoms with Gasteiger partial charge in [-0.1, -0.05) is 12.1 Å². The number of carboxylic acid groups (broad SMARTS) is 1. The van der Waals surface area contributed by atoms with Crippen LogP contribution in [0.4, 0.5) is 4.79 Å². The summed E-state index contributed by atoms with van der Waals surface area (Å²) in [6.45, 7) is 5.18. The Balaban J connectivity index is 2.16. The van der Waals surface area contributed by atoms with Gasteiger partial charge in [-0.2, -0.15) is 0 Å². The van der Waals surface area contributed by atoms with Crippen LogP contribution in [0.3, 0.4) is 0 Å². The number of amides is 1. The van der Waals surface area contributed by atoms with Crippen LogP contribution >= 0.6 is 0 Å². The zero-order valence-electron chi connectivity index (χ0n) is 10.6. The summed E-state index contributed by atoms with van der Waals surface area (Å²) < 4.78 is 2.27. The Morgan fingerprint density at radius 3 is 2.89 bits per heavy atom. The third-order valence-corrected chi connectivity index (χ3v) is 3.63. The fourth-order valence-electron chi connectivity index (χ4n) is 2.84. The van der Waals surface area contributed by atoms with Gasteiger partial charge in [0.15, 0.2) is 0 Å². The Bertz CT molecular complexity index is 630. The Labute approximate surface area is 105 Å². The SMILES string of the molecule is Cc1ccc2cc3n(c2c1)[C@H](C)CN(C(=O)O)C3. The number of hydrogen-bond acceptors (Lipinski definition) is 1. The Hall–Kier alpha value is -1.97. The highest BCUT2D eigenvalue weighted by Gasteiger charge is 2.26. The standard InChI is InChI=1S/C14H16N2O2/c1-9-3-4-11-6-12-8-15(14(17)18)7-10(2)16(12)13(11)5-9/h3-6,10H,7-8H2,1-2H3,(H,17,18)/t10-/m1/s1. The molecule has 0 saturated heterocycles. The van der Waals surface area contributed by atoms with Gasteiger partial charge in [-0.15, -0.1) is 0 Å². The maximum absolute atomic E-state index is 11.1. The summed E-state index contributed by atoms with van der Waals surface area (Å²) in [5.41, 5.74) is 3.52. The quantitative estimate of drug-likeness (QED) is 0.774. The van der Waals surface area contributed by atoms with Crippen molar-refractivity contribution in [1.29, 1.82) is 0 Å². The number of aromatic nitrogens is 1. The van der Waals surface area contributed by atoms with Crippen molar-refractivity contribution in [2.75, 3.05) is 6.54 Å². The first-order chi connectivity index (χ1) is 8.56. The minimum atomic E-state index is -0.838. The molecule has 3 rings (SSSR count). The molecule has 0 unspecified atom stereocenters. The van der Waals surface area contributed by atoms with Gasteiger partial charge in [0.1, 0.15) is 0 Å². The second kappa shape index (κ2) is 3.77. The summed E-state index contributed by atoms with van der Waals surface area (Å²) in [7, 11) is 0. The molecule has 0 aliphatic carbocycles. The summed E-state index contributed by atoms with van der Waals surface area (Å²) in [5, 5.41) is 10.3. The maximum Gasteiger partial charge on any atom is 0.407 e. The molecule has 0 saturated carbocycles. The highest BCUT2D eigenvalue weighted by molar-refractivity contribution is 5.82. The van der Waals surface area contributed by atoms with E-state index in [1.54, 1.807) is 0 Å². The van der Waals surface area contributed by atoms with Crippen molar-refractivity contribution in [1.82, 2.24) is 9.47 Å². The second-order valence-electron chi connectivity index (χ2n) is 5.08. The maximum atomic E-state index is 11.1. The molecule has 1 N–H and O–H groups in total. The van der Waals surface area contributed by atoms with Crippen LogP contribution in [0.15, 0.2) is 24.3 Å². The number of rotatable bonds is 0. The molecule has 1 aromatic carbocycles. The molecule has 1 aliphatic rings. The average molecular weight is 244 g/mol. The molecule has 1 aliphatic heterocycles. The monoisotopic (exact) mass is 244 g/mol. The van der Waals surface area contributed by atoms with Gasteiger partial charge in [-0.3, -0.25) is 0 Å². The lowest BCUT2D eigenvalue weighted by Gasteiger charge is -2.31. The first kappa shape index (κ1) is 11.1. The van der Waals surface area contributed by atoms with Crippen molar-refractivity contribution >= 4 is 17.0 Å². The van der Waals surface area contributed by atoms with Crippen molar-refractivity contribution in [2.24, 2.45) is 0 Å². The van der Waals surface area contributed by atoms with Gasteiger partial charge in [-0.25, -0.2) is 4.79 Å². The first-order valence-electron chi connectivity index (χ1n) is 6.14. The van der Waals surface area contributed by atoms with Crippen LogP contribution in [0.25, 0.3) is 10.9 Å². The van der Waals surface area contributed by atoms with Gasteiger partial charge in [-0.05, 0) is 36.9 Å². The van der Waals surface area contributed by atoms with Crippen molar-refractivity contribution in [3.63, 3.8) is 0 Å². The van der Waals surface area contributed by atoms with Crippen LogP contribution in [0.5, 0.6) is 0 Å². The van der Waals surface area contributed by atoms with Crippen LogP contribution in [-0.4, -0.2) is 27.2 Å². The van der Waals surface area contributed by atoms with E-state index in [0.717, 1.165) is 5.69 Å². The number of fused-ring (bicyclic) bond motifs is 3. The van der Waals surface area contributed by atoms with E-state index in [-0.39, 0.29) is 6.04 Å². The molecule has 2 aromatic rings. The van der Waals surface area contributed by atoms with Crippen molar-refractivity contribution in [3.8, 4) is 0 Å². The number of carbonyl (C=O) groups is 1. The van der Waals surface area contributed by atoms with E-state index < -0.39 is 6.09 Å². The largest absolute Gasteiger partial charge is 0.465 e. The molecule has 1 aromatic heterocycles.